The van der Waals surface area contributed by atoms with Gasteiger partial charge in [-0.05, 0) is 20.3 Å². The first-order chi connectivity index (χ1) is 8.42. The normalized spacial score (nSPS) is 18.1. The Morgan fingerprint density at radius 2 is 1.78 bits per heavy atom. The van der Waals surface area contributed by atoms with E-state index in [2.05, 4.69) is 11.8 Å². The van der Waals surface area contributed by atoms with Crippen LogP contribution in [0, 0.1) is 0 Å². The summed E-state index contributed by atoms with van der Waals surface area (Å²) in [4.78, 5) is 16.1. The fraction of sp³-hybridized carbons (Fsp3) is 0.929. The summed E-state index contributed by atoms with van der Waals surface area (Å²) in [6.45, 7) is 9.87. The first kappa shape index (κ1) is 15.4. The highest BCUT2D eigenvalue weighted by molar-refractivity contribution is 5.76. The van der Waals surface area contributed by atoms with E-state index in [9.17, 15) is 9.90 Å². The van der Waals surface area contributed by atoms with Gasteiger partial charge in [0.25, 0.3) is 0 Å². The van der Waals surface area contributed by atoms with Crippen molar-refractivity contribution >= 4 is 5.91 Å². The van der Waals surface area contributed by atoms with Gasteiger partial charge in [-0.3, -0.25) is 9.69 Å². The maximum absolute atomic E-state index is 11.9. The average Bonchev–Trinajstić information content (AvgIpc) is 2.28. The number of amides is 1. The van der Waals surface area contributed by atoms with Crippen molar-refractivity contribution in [3.05, 3.63) is 0 Å². The second-order valence-corrected chi connectivity index (χ2v) is 5.93. The molecule has 1 N–H and O–H groups in total. The molecule has 1 aliphatic heterocycles. The number of piperazine rings is 1. The zero-order chi connectivity index (χ0) is 13.6. The highest BCUT2D eigenvalue weighted by atomic mass is 16.3. The zero-order valence-electron chi connectivity index (χ0n) is 12.1. The van der Waals surface area contributed by atoms with Crippen LogP contribution in [0.5, 0.6) is 0 Å². The van der Waals surface area contributed by atoms with Crippen LogP contribution in [0.25, 0.3) is 0 Å². The minimum atomic E-state index is -0.646. The van der Waals surface area contributed by atoms with Gasteiger partial charge in [0.2, 0.25) is 5.91 Å². The van der Waals surface area contributed by atoms with Gasteiger partial charge >= 0.3 is 0 Å². The maximum Gasteiger partial charge on any atom is 0.222 e. The summed E-state index contributed by atoms with van der Waals surface area (Å²) in [6.07, 6.45) is 4.01. The topological polar surface area (TPSA) is 43.8 Å². The maximum atomic E-state index is 11.9. The summed E-state index contributed by atoms with van der Waals surface area (Å²) >= 11 is 0. The lowest BCUT2D eigenvalue weighted by Gasteiger charge is -2.37. The quantitative estimate of drug-likeness (QED) is 0.732. The van der Waals surface area contributed by atoms with Crippen molar-refractivity contribution in [2.45, 2.75) is 52.1 Å². The molecule has 0 aliphatic carbocycles. The third-order valence-electron chi connectivity index (χ3n) is 3.33. The molecule has 1 heterocycles. The fourth-order valence-corrected chi connectivity index (χ4v) is 2.39. The number of rotatable bonds is 6. The van der Waals surface area contributed by atoms with Crippen molar-refractivity contribution in [1.29, 1.82) is 0 Å². The minimum Gasteiger partial charge on any atom is -0.389 e. The lowest BCUT2D eigenvalue weighted by atomic mass is 10.1. The van der Waals surface area contributed by atoms with Crippen molar-refractivity contribution < 1.29 is 9.90 Å². The second-order valence-electron chi connectivity index (χ2n) is 5.93. The van der Waals surface area contributed by atoms with Crippen LogP contribution in [0.3, 0.4) is 0 Å². The summed E-state index contributed by atoms with van der Waals surface area (Å²) in [7, 11) is 0. The molecule has 0 atom stereocenters. The molecular formula is C14H28N2O2. The van der Waals surface area contributed by atoms with Gasteiger partial charge in [-0.15, -0.1) is 0 Å². The summed E-state index contributed by atoms with van der Waals surface area (Å²) in [5.41, 5.74) is -0.646. The predicted octanol–water partition coefficient (Wildman–Crippen LogP) is 1.48. The van der Waals surface area contributed by atoms with Crippen molar-refractivity contribution in [2.75, 3.05) is 32.7 Å². The number of hydrogen-bond acceptors (Lipinski definition) is 3. The Bertz CT molecular complexity index is 253. The van der Waals surface area contributed by atoms with Crippen molar-refractivity contribution in [3.63, 3.8) is 0 Å². The number of aliphatic hydroxyl groups is 1. The Kier molecular flexibility index (Phi) is 6.09. The molecule has 4 nitrogen and oxygen atoms in total. The highest BCUT2D eigenvalue weighted by Gasteiger charge is 2.24. The van der Waals surface area contributed by atoms with E-state index >= 15 is 0 Å². The molecule has 0 radical (unpaired) electrons. The Hall–Kier alpha value is -0.610. The van der Waals surface area contributed by atoms with E-state index in [0.29, 0.717) is 18.9 Å². The number of hydrogen-bond donors (Lipinski definition) is 1. The van der Waals surface area contributed by atoms with E-state index < -0.39 is 5.60 Å². The fourth-order valence-electron chi connectivity index (χ4n) is 2.39. The standard InChI is InChI=1S/C14H28N2O2/c1-4-5-6-7-13(17)16-10-8-15(9-11-16)12-14(2,3)18/h18H,4-12H2,1-3H3. The Morgan fingerprint density at radius 3 is 2.28 bits per heavy atom. The molecule has 0 aromatic rings. The van der Waals surface area contributed by atoms with Crippen LogP contribution in [0.15, 0.2) is 0 Å². The molecule has 1 aliphatic rings. The number of nitrogens with zero attached hydrogens (tertiary/aromatic N) is 2. The van der Waals surface area contributed by atoms with E-state index in [0.717, 1.165) is 45.4 Å². The first-order valence-corrected chi connectivity index (χ1v) is 7.15. The van der Waals surface area contributed by atoms with Crippen molar-refractivity contribution in [3.8, 4) is 0 Å². The summed E-state index contributed by atoms with van der Waals surface area (Å²) in [5, 5.41) is 9.77. The van der Waals surface area contributed by atoms with Gasteiger partial charge in [0, 0.05) is 39.1 Å². The van der Waals surface area contributed by atoms with Gasteiger partial charge in [-0.1, -0.05) is 19.8 Å². The Labute approximate surface area is 111 Å². The van der Waals surface area contributed by atoms with Crippen LogP contribution in [0.1, 0.15) is 46.5 Å². The van der Waals surface area contributed by atoms with Gasteiger partial charge in [0.1, 0.15) is 0 Å². The molecule has 0 bridgehead atoms. The molecule has 1 fully saturated rings. The zero-order valence-corrected chi connectivity index (χ0v) is 12.1. The van der Waals surface area contributed by atoms with Crippen LogP contribution in [-0.2, 0) is 4.79 Å². The van der Waals surface area contributed by atoms with Crippen LogP contribution in [-0.4, -0.2) is 59.1 Å². The van der Waals surface area contributed by atoms with Crippen LogP contribution >= 0.6 is 0 Å². The number of carbonyl (C=O) groups excluding carboxylic acids is 1. The minimum absolute atomic E-state index is 0.298. The van der Waals surface area contributed by atoms with E-state index in [4.69, 9.17) is 0 Å². The number of carbonyl (C=O) groups is 1. The van der Waals surface area contributed by atoms with E-state index in [1.54, 1.807) is 0 Å². The molecule has 0 unspecified atom stereocenters. The molecule has 0 aromatic carbocycles. The molecule has 0 aromatic heterocycles. The largest absolute Gasteiger partial charge is 0.389 e. The van der Waals surface area contributed by atoms with Gasteiger partial charge in [0.15, 0.2) is 0 Å². The van der Waals surface area contributed by atoms with Crippen LogP contribution in [0.4, 0.5) is 0 Å². The number of unbranched alkanes of at least 4 members (excludes halogenated alkanes) is 2. The molecule has 1 rings (SSSR count). The molecule has 18 heavy (non-hydrogen) atoms. The molecule has 1 amide bonds. The highest BCUT2D eigenvalue weighted by Crippen LogP contribution is 2.10. The smallest absolute Gasteiger partial charge is 0.222 e. The predicted molar refractivity (Wildman–Crippen MR) is 73.5 cm³/mol. The second kappa shape index (κ2) is 7.10. The van der Waals surface area contributed by atoms with Gasteiger partial charge in [-0.25, -0.2) is 0 Å². The summed E-state index contributed by atoms with van der Waals surface area (Å²) < 4.78 is 0. The summed E-state index contributed by atoms with van der Waals surface area (Å²) in [5.74, 6) is 0.298. The van der Waals surface area contributed by atoms with E-state index in [1.165, 1.54) is 0 Å². The molecule has 106 valence electrons. The van der Waals surface area contributed by atoms with Gasteiger partial charge < -0.3 is 10.0 Å². The van der Waals surface area contributed by atoms with Gasteiger partial charge in [-0.2, -0.15) is 0 Å². The van der Waals surface area contributed by atoms with Crippen LogP contribution < -0.4 is 0 Å². The lowest BCUT2D eigenvalue weighted by molar-refractivity contribution is -0.133. The number of β-amino-alcohol motifs (C(OH)–C–C–N with tert-alkyl or cyclic N) is 1. The SMILES string of the molecule is CCCCCC(=O)N1CCN(CC(C)(C)O)CC1. The first-order valence-electron chi connectivity index (χ1n) is 7.15. The Morgan fingerprint density at radius 1 is 1.17 bits per heavy atom. The monoisotopic (exact) mass is 256 g/mol. The molecule has 0 spiro atoms. The molecular weight excluding hydrogens is 228 g/mol. The average molecular weight is 256 g/mol. The van der Waals surface area contributed by atoms with Crippen LogP contribution in [0.2, 0.25) is 0 Å². The van der Waals surface area contributed by atoms with E-state index in [1.807, 2.05) is 18.7 Å². The molecule has 0 saturated carbocycles. The van der Waals surface area contributed by atoms with E-state index in [-0.39, 0.29) is 0 Å². The molecule has 1 saturated heterocycles. The van der Waals surface area contributed by atoms with Crippen molar-refractivity contribution in [1.82, 2.24) is 9.80 Å². The van der Waals surface area contributed by atoms with Gasteiger partial charge in [0.05, 0.1) is 5.60 Å². The van der Waals surface area contributed by atoms with Crippen molar-refractivity contribution in [2.24, 2.45) is 0 Å². The summed E-state index contributed by atoms with van der Waals surface area (Å²) in [6, 6.07) is 0. The Balaban J connectivity index is 2.24. The third-order valence-corrected chi connectivity index (χ3v) is 3.33. The molecule has 4 heteroatoms. The lowest BCUT2D eigenvalue weighted by Crippen LogP contribution is -2.51. The third kappa shape index (κ3) is 5.83.